The van der Waals surface area contributed by atoms with Crippen LogP contribution in [0.4, 0.5) is 5.00 Å². The van der Waals surface area contributed by atoms with Crippen molar-refractivity contribution in [3.63, 3.8) is 0 Å². The van der Waals surface area contributed by atoms with E-state index in [-0.39, 0.29) is 24.5 Å². The van der Waals surface area contributed by atoms with Gasteiger partial charge in [0.1, 0.15) is 5.00 Å². The lowest BCUT2D eigenvalue weighted by atomic mass is 9.97. The van der Waals surface area contributed by atoms with Gasteiger partial charge >= 0.3 is 5.97 Å². The Morgan fingerprint density at radius 2 is 1.69 bits per heavy atom. The van der Waals surface area contributed by atoms with E-state index in [9.17, 15) is 14.4 Å². The number of ether oxygens (including phenoxy) is 1. The van der Waals surface area contributed by atoms with E-state index in [1.165, 1.54) is 37.5 Å². The summed E-state index contributed by atoms with van der Waals surface area (Å²) in [6.45, 7) is 4.77. The number of hydrogen-bond donors (Lipinski definition) is 2. The SMILES string of the molecule is CC(=O)Nc1sc(C)c(C)c1C(=O)OCC(=O)NC1CCCCCCC1. The van der Waals surface area contributed by atoms with Crippen molar-refractivity contribution >= 4 is 34.1 Å². The van der Waals surface area contributed by atoms with E-state index >= 15 is 0 Å². The molecule has 2 N–H and O–H groups in total. The summed E-state index contributed by atoms with van der Waals surface area (Å²) in [6, 6.07) is 0.168. The van der Waals surface area contributed by atoms with Gasteiger partial charge in [0.25, 0.3) is 5.91 Å². The summed E-state index contributed by atoms with van der Waals surface area (Å²) in [5.41, 5.74) is 1.10. The molecule has 0 aromatic carbocycles. The van der Waals surface area contributed by atoms with Gasteiger partial charge in [-0.3, -0.25) is 9.59 Å². The number of esters is 1. The molecule has 1 fully saturated rings. The van der Waals surface area contributed by atoms with Crippen molar-refractivity contribution in [1.82, 2.24) is 5.32 Å². The van der Waals surface area contributed by atoms with Crippen molar-refractivity contribution in [1.29, 1.82) is 0 Å². The van der Waals surface area contributed by atoms with Gasteiger partial charge < -0.3 is 15.4 Å². The van der Waals surface area contributed by atoms with Gasteiger partial charge in [0.05, 0.1) is 5.56 Å². The zero-order chi connectivity index (χ0) is 19.1. The first-order chi connectivity index (χ1) is 12.4. The van der Waals surface area contributed by atoms with Gasteiger partial charge in [-0.15, -0.1) is 11.3 Å². The lowest BCUT2D eigenvalue weighted by molar-refractivity contribution is -0.125. The van der Waals surface area contributed by atoms with Crippen LogP contribution in [0.1, 0.15) is 72.7 Å². The molecule has 0 atom stereocenters. The van der Waals surface area contributed by atoms with Gasteiger partial charge in [0, 0.05) is 17.8 Å². The van der Waals surface area contributed by atoms with Crippen LogP contribution >= 0.6 is 11.3 Å². The van der Waals surface area contributed by atoms with Crippen LogP contribution in [0.5, 0.6) is 0 Å². The fraction of sp³-hybridized carbons (Fsp3) is 0.632. The van der Waals surface area contributed by atoms with E-state index in [4.69, 9.17) is 4.74 Å². The van der Waals surface area contributed by atoms with Crippen molar-refractivity contribution < 1.29 is 19.1 Å². The standard InChI is InChI=1S/C19H28N2O4S/c1-12-13(2)26-18(20-14(3)22)17(12)19(24)25-11-16(23)21-15-9-7-5-4-6-8-10-15/h15H,4-11H2,1-3H3,(H,20,22)(H,21,23). The number of aryl methyl sites for hydroxylation is 1. The van der Waals surface area contributed by atoms with Crippen LogP contribution in [-0.2, 0) is 14.3 Å². The van der Waals surface area contributed by atoms with Crippen LogP contribution in [0.15, 0.2) is 0 Å². The molecule has 1 aromatic heterocycles. The number of anilines is 1. The van der Waals surface area contributed by atoms with Crippen LogP contribution in [0.2, 0.25) is 0 Å². The van der Waals surface area contributed by atoms with Crippen molar-refractivity contribution in [2.75, 3.05) is 11.9 Å². The number of nitrogens with one attached hydrogen (secondary N) is 2. The van der Waals surface area contributed by atoms with Gasteiger partial charge in [0.2, 0.25) is 5.91 Å². The highest BCUT2D eigenvalue weighted by Crippen LogP contribution is 2.33. The first kappa shape index (κ1) is 20.4. The molecule has 0 aliphatic heterocycles. The summed E-state index contributed by atoms with van der Waals surface area (Å²) >= 11 is 1.33. The molecule has 2 amide bonds. The Kier molecular flexibility index (Phi) is 7.63. The van der Waals surface area contributed by atoms with E-state index in [2.05, 4.69) is 10.6 Å². The summed E-state index contributed by atoms with van der Waals surface area (Å²) < 4.78 is 5.21. The molecule has 144 valence electrons. The quantitative estimate of drug-likeness (QED) is 0.763. The largest absolute Gasteiger partial charge is 0.452 e. The molecular formula is C19H28N2O4S. The maximum Gasteiger partial charge on any atom is 0.341 e. The second-order valence-corrected chi connectivity index (χ2v) is 8.08. The Morgan fingerprint density at radius 3 is 2.31 bits per heavy atom. The van der Waals surface area contributed by atoms with Gasteiger partial charge in [-0.2, -0.15) is 0 Å². The monoisotopic (exact) mass is 380 g/mol. The highest BCUT2D eigenvalue weighted by molar-refractivity contribution is 7.16. The average molecular weight is 381 g/mol. The second kappa shape index (κ2) is 9.71. The number of carbonyl (C=O) groups is 3. The maximum absolute atomic E-state index is 12.4. The molecule has 7 heteroatoms. The third-order valence-corrected chi connectivity index (χ3v) is 5.81. The molecule has 1 heterocycles. The van der Waals surface area contributed by atoms with Crippen molar-refractivity contribution in [3.05, 3.63) is 16.0 Å². The van der Waals surface area contributed by atoms with Gasteiger partial charge in [-0.1, -0.05) is 32.1 Å². The van der Waals surface area contributed by atoms with Crippen LogP contribution in [-0.4, -0.2) is 30.4 Å². The van der Waals surface area contributed by atoms with Crippen LogP contribution in [0.25, 0.3) is 0 Å². The summed E-state index contributed by atoms with van der Waals surface area (Å²) in [5.74, 6) is -1.10. The molecule has 0 bridgehead atoms. The lowest BCUT2D eigenvalue weighted by Gasteiger charge is -2.21. The number of carbonyl (C=O) groups excluding carboxylic acids is 3. The third kappa shape index (κ3) is 5.83. The van der Waals surface area contributed by atoms with Crippen molar-refractivity contribution in [3.8, 4) is 0 Å². The number of hydrogen-bond acceptors (Lipinski definition) is 5. The predicted octanol–water partition coefficient (Wildman–Crippen LogP) is 3.71. The number of amides is 2. The molecular weight excluding hydrogens is 352 g/mol. The smallest absolute Gasteiger partial charge is 0.341 e. The Hall–Kier alpha value is -1.89. The van der Waals surface area contributed by atoms with Gasteiger partial charge in [0.15, 0.2) is 6.61 Å². The van der Waals surface area contributed by atoms with Crippen LogP contribution in [0, 0.1) is 13.8 Å². The number of rotatable bonds is 5. The summed E-state index contributed by atoms with van der Waals surface area (Å²) in [5, 5.41) is 6.11. The first-order valence-electron chi connectivity index (χ1n) is 9.22. The Labute approximate surface area is 158 Å². The Morgan fingerprint density at radius 1 is 1.08 bits per heavy atom. The fourth-order valence-corrected chi connectivity index (χ4v) is 4.29. The van der Waals surface area contributed by atoms with Gasteiger partial charge in [-0.25, -0.2) is 4.79 Å². The third-order valence-electron chi connectivity index (χ3n) is 4.68. The normalized spacial score (nSPS) is 15.7. The molecule has 6 nitrogen and oxygen atoms in total. The fourth-order valence-electron chi connectivity index (χ4n) is 3.19. The molecule has 0 radical (unpaired) electrons. The van der Waals surface area contributed by atoms with Crippen LogP contribution < -0.4 is 10.6 Å². The van der Waals surface area contributed by atoms with Crippen molar-refractivity contribution in [2.45, 2.75) is 71.8 Å². The number of thiophene rings is 1. The van der Waals surface area contributed by atoms with E-state index in [0.29, 0.717) is 10.6 Å². The van der Waals surface area contributed by atoms with E-state index in [1.807, 2.05) is 13.8 Å². The molecule has 2 rings (SSSR count). The maximum atomic E-state index is 12.4. The average Bonchev–Trinajstić information content (AvgIpc) is 2.81. The highest BCUT2D eigenvalue weighted by atomic mass is 32.1. The molecule has 1 aromatic rings. The van der Waals surface area contributed by atoms with E-state index in [1.54, 1.807) is 0 Å². The molecule has 1 aliphatic rings. The van der Waals surface area contributed by atoms with Crippen molar-refractivity contribution in [2.24, 2.45) is 0 Å². The second-order valence-electron chi connectivity index (χ2n) is 6.85. The minimum absolute atomic E-state index is 0.168. The minimum Gasteiger partial charge on any atom is -0.452 e. The van der Waals surface area contributed by atoms with Crippen LogP contribution in [0.3, 0.4) is 0 Å². The zero-order valence-corrected chi connectivity index (χ0v) is 16.6. The molecule has 0 saturated heterocycles. The zero-order valence-electron chi connectivity index (χ0n) is 15.8. The van der Waals surface area contributed by atoms with E-state index < -0.39 is 5.97 Å². The minimum atomic E-state index is -0.580. The Bertz CT molecular complexity index is 661. The Balaban J connectivity index is 1.91. The summed E-state index contributed by atoms with van der Waals surface area (Å²) in [4.78, 5) is 36.8. The topological polar surface area (TPSA) is 84.5 Å². The molecule has 1 saturated carbocycles. The van der Waals surface area contributed by atoms with E-state index in [0.717, 1.165) is 36.1 Å². The summed E-state index contributed by atoms with van der Waals surface area (Å²) in [7, 11) is 0. The molecule has 1 aliphatic carbocycles. The summed E-state index contributed by atoms with van der Waals surface area (Å²) in [6.07, 6.45) is 7.91. The molecule has 26 heavy (non-hydrogen) atoms. The predicted molar refractivity (Wildman–Crippen MR) is 103 cm³/mol. The molecule has 0 spiro atoms. The highest BCUT2D eigenvalue weighted by Gasteiger charge is 2.23. The van der Waals surface area contributed by atoms with Gasteiger partial charge in [-0.05, 0) is 32.3 Å². The molecule has 0 unspecified atom stereocenters. The first-order valence-corrected chi connectivity index (χ1v) is 10.0. The lowest BCUT2D eigenvalue weighted by Crippen LogP contribution is -2.38.